The van der Waals surface area contributed by atoms with Crippen molar-refractivity contribution in [2.45, 2.75) is 65.4 Å². The molecular formula is C13H26O. The third-order valence-corrected chi connectivity index (χ3v) is 3.35. The summed E-state index contributed by atoms with van der Waals surface area (Å²) >= 11 is 0. The first-order valence-corrected chi connectivity index (χ1v) is 6.37. The lowest BCUT2D eigenvalue weighted by Crippen LogP contribution is -2.08. The summed E-state index contributed by atoms with van der Waals surface area (Å²) in [7, 11) is 0. The number of hydrogen-bond donors (Lipinski definition) is 0. The van der Waals surface area contributed by atoms with Crippen molar-refractivity contribution in [1.29, 1.82) is 0 Å². The van der Waals surface area contributed by atoms with Crippen molar-refractivity contribution < 1.29 is 4.74 Å². The zero-order valence-corrected chi connectivity index (χ0v) is 10.1. The van der Waals surface area contributed by atoms with Gasteiger partial charge < -0.3 is 4.74 Å². The monoisotopic (exact) mass is 198 g/mol. The van der Waals surface area contributed by atoms with Crippen LogP contribution in [-0.2, 0) is 4.74 Å². The molecule has 0 bridgehead atoms. The summed E-state index contributed by atoms with van der Waals surface area (Å²) in [4.78, 5) is 0. The van der Waals surface area contributed by atoms with Crippen LogP contribution in [0.3, 0.4) is 0 Å². The quantitative estimate of drug-likeness (QED) is 0.537. The van der Waals surface area contributed by atoms with Gasteiger partial charge in [0.2, 0.25) is 0 Å². The van der Waals surface area contributed by atoms with Crippen LogP contribution >= 0.6 is 0 Å². The average Bonchev–Trinajstić information content (AvgIpc) is 2.95. The molecule has 0 aromatic rings. The van der Waals surface area contributed by atoms with E-state index in [1.54, 1.807) is 0 Å². The standard InChI is InChI=1S/C13H26O/c1-4-6-7-12(5-2)8-11(3)9-13-10-14-13/h11-13H,4-10H2,1-3H3. The van der Waals surface area contributed by atoms with Crippen LogP contribution in [0, 0.1) is 11.8 Å². The summed E-state index contributed by atoms with van der Waals surface area (Å²) < 4.78 is 5.28. The van der Waals surface area contributed by atoms with Crippen LogP contribution in [0.25, 0.3) is 0 Å². The lowest BCUT2D eigenvalue weighted by Gasteiger charge is -2.18. The van der Waals surface area contributed by atoms with E-state index < -0.39 is 0 Å². The Labute approximate surface area is 89.2 Å². The van der Waals surface area contributed by atoms with Gasteiger partial charge in [0.05, 0.1) is 12.7 Å². The fourth-order valence-corrected chi connectivity index (χ4v) is 2.30. The van der Waals surface area contributed by atoms with Gasteiger partial charge in [-0.25, -0.2) is 0 Å². The van der Waals surface area contributed by atoms with E-state index >= 15 is 0 Å². The summed E-state index contributed by atoms with van der Waals surface area (Å²) in [5.74, 6) is 1.83. The molecule has 14 heavy (non-hydrogen) atoms. The first-order chi connectivity index (χ1) is 6.76. The van der Waals surface area contributed by atoms with E-state index in [1.807, 2.05) is 0 Å². The summed E-state index contributed by atoms with van der Waals surface area (Å²) in [6, 6.07) is 0. The number of ether oxygens (including phenoxy) is 1. The molecule has 3 atom stereocenters. The Morgan fingerprint density at radius 2 is 2.07 bits per heavy atom. The van der Waals surface area contributed by atoms with Crippen LogP contribution in [0.2, 0.25) is 0 Å². The van der Waals surface area contributed by atoms with Crippen LogP contribution in [-0.4, -0.2) is 12.7 Å². The molecule has 1 aliphatic rings. The molecule has 0 spiro atoms. The van der Waals surface area contributed by atoms with Crippen LogP contribution in [0.5, 0.6) is 0 Å². The molecule has 0 aliphatic carbocycles. The predicted molar refractivity (Wildman–Crippen MR) is 61.4 cm³/mol. The van der Waals surface area contributed by atoms with Crippen molar-refractivity contribution in [1.82, 2.24) is 0 Å². The van der Waals surface area contributed by atoms with Crippen LogP contribution < -0.4 is 0 Å². The first kappa shape index (κ1) is 12.0. The van der Waals surface area contributed by atoms with Gasteiger partial charge in [-0.1, -0.05) is 46.5 Å². The first-order valence-electron chi connectivity index (χ1n) is 6.37. The van der Waals surface area contributed by atoms with E-state index in [2.05, 4.69) is 20.8 Å². The van der Waals surface area contributed by atoms with Crippen LogP contribution in [0.4, 0.5) is 0 Å². The summed E-state index contributed by atoms with van der Waals surface area (Å²) in [5, 5.41) is 0. The number of hydrogen-bond acceptors (Lipinski definition) is 1. The third-order valence-electron chi connectivity index (χ3n) is 3.35. The Morgan fingerprint density at radius 3 is 2.57 bits per heavy atom. The maximum absolute atomic E-state index is 5.28. The molecule has 1 aliphatic heterocycles. The molecule has 0 saturated carbocycles. The van der Waals surface area contributed by atoms with Gasteiger partial charge in [-0.15, -0.1) is 0 Å². The largest absolute Gasteiger partial charge is 0.373 e. The maximum Gasteiger partial charge on any atom is 0.0812 e. The average molecular weight is 198 g/mol. The smallest absolute Gasteiger partial charge is 0.0812 e. The van der Waals surface area contributed by atoms with Crippen molar-refractivity contribution in [2.24, 2.45) is 11.8 Å². The second kappa shape index (κ2) is 6.44. The van der Waals surface area contributed by atoms with E-state index in [4.69, 9.17) is 4.74 Å². The molecule has 1 fully saturated rings. The molecule has 0 N–H and O–H groups in total. The molecule has 1 heteroatoms. The van der Waals surface area contributed by atoms with Crippen molar-refractivity contribution in [2.75, 3.05) is 6.61 Å². The summed E-state index contributed by atoms with van der Waals surface area (Å²) in [6.07, 6.45) is 8.87. The minimum atomic E-state index is 0.619. The zero-order chi connectivity index (χ0) is 10.4. The van der Waals surface area contributed by atoms with Gasteiger partial charge in [-0.05, 0) is 24.7 Å². The highest BCUT2D eigenvalue weighted by atomic mass is 16.6. The molecule has 0 radical (unpaired) electrons. The van der Waals surface area contributed by atoms with Crippen molar-refractivity contribution in [3.05, 3.63) is 0 Å². The highest BCUT2D eigenvalue weighted by Gasteiger charge is 2.25. The predicted octanol–water partition coefficient (Wildman–Crippen LogP) is 4.02. The second-order valence-corrected chi connectivity index (χ2v) is 4.95. The Kier molecular flexibility index (Phi) is 5.54. The highest BCUT2D eigenvalue weighted by molar-refractivity contribution is 4.73. The van der Waals surface area contributed by atoms with Gasteiger partial charge in [0.15, 0.2) is 0 Å². The molecule has 1 nitrogen and oxygen atoms in total. The second-order valence-electron chi connectivity index (χ2n) is 4.95. The van der Waals surface area contributed by atoms with E-state index in [0.29, 0.717) is 6.10 Å². The number of unbranched alkanes of at least 4 members (excludes halogenated alkanes) is 1. The van der Waals surface area contributed by atoms with Gasteiger partial charge >= 0.3 is 0 Å². The van der Waals surface area contributed by atoms with E-state index in [-0.39, 0.29) is 0 Å². The Morgan fingerprint density at radius 1 is 1.36 bits per heavy atom. The van der Waals surface area contributed by atoms with Crippen molar-refractivity contribution in [3.8, 4) is 0 Å². The van der Waals surface area contributed by atoms with Gasteiger partial charge in [0.25, 0.3) is 0 Å². The van der Waals surface area contributed by atoms with E-state index in [0.717, 1.165) is 18.4 Å². The Hall–Kier alpha value is -0.0400. The molecule has 3 unspecified atom stereocenters. The lowest BCUT2D eigenvalue weighted by molar-refractivity contribution is 0.304. The maximum atomic E-state index is 5.28. The minimum Gasteiger partial charge on any atom is -0.373 e. The number of rotatable bonds is 8. The summed E-state index contributed by atoms with van der Waals surface area (Å²) in [6.45, 7) is 8.03. The Balaban J connectivity index is 2.09. The fraction of sp³-hybridized carbons (Fsp3) is 1.00. The molecule has 0 amide bonds. The van der Waals surface area contributed by atoms with Crippen LogP contribution in [0.15, 0.2) is 0 Å². The molecule has 0 aromatic heterocycles. The third kappa shape index (κ3) is 4.99. The normalized spacial score (nSPS) is 24.6. The Bertz CT molecular complexity index is 140. The van der Waals surface area contributed by atoms with Gasteiger partial charge in [0.1, 0.15) is 0 Å². The SMILES string of the molecule is CCCCC(CC)CC(C)CC1CO1. The van der Waals surface area contributed by atoms with E-state index in [1.165, 1.54) is 38.5 Å². The van der Waals surface area contributed by atoms with Crippen LogP contribution in [0.1, 0.15) is 59.3 Å². The molecule has 1 saturated heterocycles. The number of epoxide rings is 1. The minimum absolute atomic E-state index is 0.619. The van der Waals surface area contributed by atoms with Gasteiger partial charge in [-0.3, -0.25) is 0 Å². The topological polar surface area (TPSA) is 12.5 Å². The molecule has 1 heterocycles. The highest BCUT2D eigenvalue weighted by Crippen LogP contribution is 2.27. The molecule has 0 aromatic carbocycles. The molecule has 1 rings (SSSR count). The molecule has 84 valence electrons. The lowest BCUT2D eigenvalue weighted by atomic mass is 9.87. The van der Waals surface area contributed by atoms with Gasteiger partial charge in [-0.2, -0.15) is 0 Å². The van der Waals surface area contributed by atoms with Crippen molar-refractivity contribution >= 4 is 0 Å². The molecular weight excluding hydrogens is 172 g/mol. The zero-order valence-electron chi connectivity index (χ0n) is 10.1. The van der Waals surface area contributed by atoms with Gasteiger partial charge in [0, 0.05) is 0 Å². The van der Waals surface area contributed by atoms with Crippen molar-refractivity contribution in [3.63, 3.8) is 0 Å². The van der Waals surface area contributed by atoms with E-state index in [9.17, 15) is 0 Å². The fourth-order valence-electron chi connectivity index (χ4n) is 2.30. The summed E-state index contributed by atoms with van der Waals surface area (Å²) in [5.41, 5.74) is 0.